The highest BCUT2D eigenvalue weighted by molar-refractivity contribution is 5.17. The van der Waals surface area contributed by atoms with Crippen molar-refractivity contribution in [2.24, 2.45) is 0 Å². The number of aryl methyl sites for hydroxylation is 2. The molecule has 0 bridgehead atoms. The van der Waals surface area contributed by atoms with Crippen LogP contribution in [0, 0.1) is 0 Å². The van der Waals surface area contributed by atoms with Crippen LogP contribution in [0.4, 0.5) is 0 Å². The molecule has 1 N–H and O–H groups in total. The van der Waals surface area contributed by atoms with Crippen molar-refractivity contribution in [2.75, 3.05) is 0 Å². The molecule has 0 amide bonds. The van der Waals surface area contributed by atoms with E-state index in [1.165, 1.54) is 5.56 Å². The number of hydrogen-bond donors (Lipinski definition) is 1. The van der Waals surface area contributed by atoms with Crippen molar-refractivity contribution >= 4 is 0 Å². The smallest absolute Gasteiger partial charge is 0.251 e. The van der Waals surface area contributed by atoms with Crippen molar-refractivity contribution in [1.29, 1.82) is 0 Å². The first-order chi connectivity index (χ1) is 5.27. The SMILES string of the molecule is CCc1c[nH]c(=O)c(CC)c1. The Hall–Kier alpha value is -1.05. The second kappa shape index (κ2) is 3.37. The summed E-state index contributed by atoms with van der Waals surface area (Å²) in [6, 6.07) is 1.97. The van der Waals surface area contributed by atoms with Gasteiger partial charge >= 0.3 is 0 Å². The van der Waals surface area contributed by atoms with E-state index in [4.69, 9.17) is 0 Å². The molecule has 2 nitrogen and oxygen atoms in total. The zero-order chi connectivity index (χ0) is 8.27. The molecule has 1 aromatic heterocycles. The molecule has 1 heterocycles. The molecule has 0 aliphatic heterocycles. The minimum absolute atomic E-state index is 0.0460. The molecule has 0 radical (unpaired) electrons. The Morgan fingerprint density at radius 2 is 2.09 bits per heavy atom. The van der Waals surface area contributed by atoms with Crippen molar-refractivity contribution in [1.82, 2.24) is 4.98 Å². The molecular weight excluding hydrogens is 138 g/mol. The fraction of sp³-hybridized carbons (Fsp3) is 0.444. The van der Waals surface area contributed by atoms with Gasteiger partial charge in [-0.15, -0.1) is 0 Å². The van der Waals surface area contributed by atoms with Gasteiger partial charge in [-0.2, -0.15) is 0 Å². The van der Waals surface area contributed by atoms with Crippen LogP contribution in [-0.2, 0) is 12.8 Å². The lowest BCUT2D eigenvalue weighted by atomic mass is 10.1. The summed E-state index contributed by atoms with van der Waals surface area (Å²) < 4.78 is 0. The molecule has 11 heavy (non-hydrogen) atoms. The second-order valence-corrected chi connectivity index (χ2v) is 2.57. The predicted molar refractivity (Wildman–Crippen MR) is 45.8 cm³/mol. The van der Waals surface area contributed by atoms with E-state index in [1.54, 1.807) is 6.20 Å². The molecule has 0 aromatic carbocycles. The molecule has 2 heteroatoms. The van der Waals surface area contributed by atoms with Crippen LogP contribution in [0.2, 0.25) is 0 Å². The normalized spacial score (nSPS) is 10.0. The van der Waals surface area contributed by atoms with Crippen LogP contribution in [0.15, 0.2) is 17.1 Å². The topological polar surface area (TPSA) is 32.9 Å². The lowest BCUT2D eigenvalue weighted by Gasteiger charge is -1.98. The number of aromatic nitrogens is 1. The standard InChI is InChI=1S/C9H13NO/c1-3-7-5-8(4-2)9(11)10-6-7/h5-6H,3-4H2,1-2H3,(H,10,11). The van der Waals surface area contributed by atoms with Crippen molar-refractivity contribution < 1.29 is 0 Å². The summed E-state index contributed by atoms with van der Waals surface area (Å²) in [4.78, 5) is 13.8. The molecule has 1 rings (SSSR count). The van der Waals surface area contributed by atoms with E-state index in [1.807, 2.05) is 13.0 Å². The number of nitrogens with one attached hydrogen (secondary N) is 1. The van der Waals surface area contributed by atoms with Gasteiger partial charge < -0.3 is 4.98 Å². The Morgan fingerprint density at radius 1 is 1.36 bits per heavy atom. The zero-order valence-corrected chi connectivity index (χ0v) is 6.98. The van der Waals surface area contributed by atoms with Gasteiger partial charge in [-0.1, -0.05) is 13.8 Å². The molecule has 0 atom stereocenters. The predicted octanol–water partition coefficient (Wildman–Crippen LogP) is 1.50. The third-order valence-corrected chi connectivity index (χ3v) is 1.83. The summed E-state index contributed by atoms with van der Waals surface area (Å²) in [5, 5.41) is 0. The molecule has 0 saturated heterocycles. The second-order valence-electron chi connectivity index (χ2n) is 2.57. The number of hydrogen-bond acceptors (Lipinski definition) is 1. The zero-order valence-electron chi connectivity index (χ0n) is 6.98. The number of aromatic amines is 1. The summed E-state index contributed by atoms with van der Waals surface area (Å²) in [6.07, 6.45) is 3.56. The minimum atomic E-state index is 0.0460. The van der Waals surface area contributed by atoms with Gasteiger partial charge in [0.25, 0.3) is 5.56 Å². The maximum Gasteiger partial charge on any atom is 0.251 e. The fourth-order valence-electron chi connectivity index (χ4n) is 1.05. The summed E-state index contributed by atoms with van der Waals surface area (Å²) in [7, 11) is 0. The van der Waals surface area contributed by atoms with Crippen LogP contribution in [0.25, 0.3) is 0 Å². The molecule has 0 spiro atoms. The fourth-order valence-corrected chi connectivity index (χ4v) is 1.05. The van der Waals surface area contributed by atoms with Gasteiger partial charge in [0.2, 0.25) is 0 Å². The average Bonchev–Trinajstić information content (AvgIpc) is 2.05. The first-order valence-corrected chi connectivity index (χ1v) is 3.98. The summed E-state index contributed by atoms with van der Waals surface area (Å²) >= 11 is 0. The van der Waals surface area contributed by atoms with E-state index in [-0.39, 0.29) is 5.56 Å². The maximum absolute atomic E-state index is 11.1. The highest BCUT2D eigenvalue weighted by atomic mass is 16.1. The first-order valence-electron chi connectivity index (χ1n) is 3.98. The van der Waals surface area contributed by atoms with Crippen LogP contribution in [0.5, 0.6) is 0 Å². The monoisotopic (exact) mass is 151 g/mol. The molecule has 0 aliphatic rings. The van der Waals surface area contributed by atoms with Gasteiger partial charge in [-0.05, 0) is 24.5 Å². The molecule has 1 aromatic rings. The van der Waals surface area contributed by atoms with Gasteiger partial charge in [0.15, 0.2) is 0 Å². The van der Waals surface area contributed by atoms with Gasteiger partial charge in [0.1, 0.15) is 0 Å². The average molecular weight is 151 g/mol. The van der Waals surface area contributed by atoms with Crippen LogP contribution >= 0.6 is 0 Å². The quantitative estimate of drug-likeness (QED) is 0.682. The maximum atomic E-state index is 11.1. The summed E-state index contributed by atoms with van der Waals surface area (Å²) in [5.41, 5.74) is 2.12. The Labute approximate surface area is 66.3 Å². The largest absolute Gasteiger partial charge is 0.329 e. The van der Waals surface area contributed by atoms with E-state index in [0.717, 1.165) is 18.4 Å². The van der Waals surface area contributed by atoms with Crippen molar-refractivity contribution in [3.05, 3.63) is 33.7 Å². The highest BCUT2D eigenvalue weighted by Gasteiger charge is 1.96. The molecule has 0 fully saturated rings. The van der Waals surface area contributed by atoms with Crippen molar-refractivity contribution in [3.63, 3.8) is 0 Å². The van der Waals surface area contributed by atoms with E-state index in [9.17, 15) is 4.79 Å². The Bertz CT molecular complexity index is 288. The number of rotatable bonds is 2. The Balaban J connectivity index is 3.13. The van der Waals surface area contributed by atoms with Gasteiger partial charge in [-0.25, -0.2) is 0 Å². The van der Waals surface area contributed by atoms with E-state index < -0.39 is 0 Å². The molecule has 0 saturated carbocycles. The molecule has 0 aliphatic carbocycles. The lowest BCUT2D eigenvalue weighted by Crippen LogP contribution is -2.11. The van der Waals surface area contributed by atoms with E-state index in [2.05, 4.69) is 11.9 Å². The van der Waals surface area contributed by atoms with Crippen LogP contribution in [0.1, 0.15) is 25.0 Å². The van der Waals surface area contributed by atoms with Crippen LogP contribution < -0.4 is 5.56 Å². The number of H-pyrrole nitrogens is 1. The van der Waals surface area contributed by atoms with Crippen LogP contribution in [-0.4, -0.2) is 4.98 Å². The molecule has 60 valence electrons. The van der Waals surface area contributed by atoms with E-state index >= 15 is 0 Å². The van der Waals surface area contributed by atoms with Gasteiger partial charge in [-0.3, -0.25) is 4.79 Å². The molecular formula is C9H13NO. The Morgan fingerprint density at radius 3 is 2.64 bits per heavy atom. The van der Waals surface area contributed by atoms with Crippen LogP contribution in [0.3, 0.4) is 0 Å². The third kappa shape index (κ3) is 1.70. The first kappa shape index (κ1) is 8.05. The van der Waals surface area contributed by atoms with Crippen molar-refractivity contribution in [2.45, 2.75) is 26.7 Å². The van der Waals surface area contributed by atoms with Gasteiger partial charge in [0, 0.05) is 11.8 Å². The number of pyridine rings is 1. The summed E-state index contributed by atoms with van der Waals surface area (Å²) in [5.74, 6) is 0. The molecule has 0 unspecified atom stereocenters. The third-order valence-electron chi connectivity index (χ3n) is 1.83. The Kier molecular flexibility index (Phi) is 2.47. The van der Waals surface area contributed by atoms with Gasteiger partial charge in [0.05, 0.1) is 0 Å². The van der Waals surface area contributed by atoms with E-state index in [0.29, 0.717) is 0 Å². The highest BCUT2D eigenvalue weighted by Crippen LogP contribution is 1.99. The summed E-state index contributed by atoms with van der Waals surface area (Å²) in [6.45, 7) is 4.07. The minimum Gasteiger partial charge on any atom is -0.329 e. The lowest BCUT2D eigenvalue weighted by molar-refractivity contribution is 1.01. The van der Waals surface area contributed by atoms with Crippen molar-refractivity contribution in [3.8, 4) is 0 Å².